The number of nitrogens with zero attached hydrogens (tertiary/aromatic N) is 1. The van der Waals surface area contributed by atoms with Gasteiger partial charge in [-0.05, 0) is 30.2 Å². The van der Waals surface area contributed by atoms with Gasteiger partial charge in [-0.3, -0.25) is 4.98 Å². The predicted octanol–water partition coefficient (Wildman–Crippen LogP) is 2.67. The largest absolute Gasteiger partial charge is 0.388 e. The number of hydrogen-bond acceptors (Lipinski definition) is 2. The van der Waals surface area contributed by atoms with Crippen LogP contribution >= 0.6 is 0 Å². The second-order valence-electron chi connectivity index (χ2n) is 3.99. The second-order valence-corrected chi connectivity index (χ2v) is 3.99. The molecule has 0 saturated carbocycles. The quantitative estimate of drug-likeness (QED) is 0.850. The van der Waals surface area contributed by atoms with Crippen molar-refractivity contribution in [2.75, 3.05) is 0 Å². The summed E-state index contributed by atoms with van der Waals surface area (Å²) in [6.07, 6.45) is 3.59. The summed E-state index contributed by atoms with van der Waals surface area (Å²) in [5.41, 5.74) is 3.30. The van der Waals surface area contributed by atoms with Crippen molar-refractivity contribution in [3.63, 3.8) is 0 Å². The van der Waals surface area contributed by atoms with E-state index in [0.29, 0.717) is 6.42 Å². The fraction of sp³-hybridized carbons (Fsp3) is 0.214. The van der Waals surface area contributed by atoms with Crippen LogP contribution in [0.25, 0.3) is 0 Å². The van der Waals surface area contributed by atoms with Crippen molar-refractivity contribution in [1.82, 2.24) is 4.98 Å². The number of aliphatic hydroxyl groups excluding tert-OH is 1. The molecule has 1 atom stereocenters. The molecule has 0 aliphatic carbocycles. The second kappa shape index (κ2) is 4.90. The van der Waals surface area contributed by atoms with E-state index in [9.17, 15) is 5.11 Å². The van der Waals surface area contributed by atoms with Crippen LogP contribution in [0.4, 0.5) is 0 Å². The maximum absolute atomic E-state index is 10.0. The van der Waals surface area contributed by atoms with Crippen LogP contribution in [-0.2, 0) is 6.42 Å². The molecule has 0 fully saturated rings. The lowest BCUT2D eigenvalue weighted by molar-refractivity contribution is 0.178. The van der Waals surface area contributed by atoms with Crippen molar-refractivity contribution < 1.29 is 5.11 Å². The number of benzene rings is 1. The minimum absolute atomic E-state index is 0.453. The Bertz CT molecular complexity index is 436. The molecular weight excluding hydrogens is 198 g/mol. The first-order valence-electron chi connectivity index (χ1n) is 5.39. The summed E-state index contributed by atoms with van der Waals surface area (Å²) in [4.78, 5) is 3.94. The molecule has 1 heterocycles. The summed E-state index contributed by atoms with van der Waals surface area (Å²) in [6.45, 7) is 2.06. The zero-order valence-corrected chi connectivity index (χ0v) is 9.30. The van der Waals surface area contributed by atoms with Gasteiger partial charge < -0.3 is 5.11 Å². The predicted molar refractivity (Wildman–Crippen MR) is 64.1 cm³/mol. The highest BCUT2D eigenvalue weighted by molar-refractivity contribution is 5.24. The lowest BCUT2D eigenvalue weighted by atomic mass is 10.0. The molecule has 0 saturated heterocycles. The Labute approximate surface area is 95.6 Å². The van der Waals surface area contributed by atoms with E-state index in [1.165, 1.54) is 5.56 Å². The summed E-state index contributed by atoms with van der Waals surface area (Å²) < 4.78 is 0. The molecule has 0 aliphatic heterocycles. The van der Waals surface area contributed by atoms with Crippen LogP contribution in [0, 0.1) is 6.92 Å². The van der Waals surface area contributed by atoms with Crippen LogP contribution in [0.2, 0.25) is 0 Å². The molecule has 1 aromatic heterocycles. The number of aromatic nitrogens is 1. The van der Waals surface area contributed by atoms with Gasteiger partial charge in [-0.15, -0.1) is 0 Å². The minimum atomic E-state index is -0.453. The van der Waals surface area contributed by atoms with Gasteiger partial charge in [0.1, 0.15) is 0 Å². The lowest BCUT2D eigenvalue weighted by Gasteiger charge is -2.10. The normalized spacial score (nSPS) is 12.4. The Balaban J connectivity index is 2.08. The topological polar surface area (TPSA) is 33.1 Å². The Morgan fingerprint density at radius 1 is 1.06 bits per heavy atom. The van der Waals surface area contributed by atoms with Crippen molar-refractivity contribution in [3.05, 3.63) is 65.5 Å². The van der Waals surface area contributed by atoms with Gasteiger partial charge in [0.2, 0.25) is 0 Å². The molecule has 0 aliphatic rings. The van der Waals surface area contributed by atoms with Crippen LogP contribution in [0.5, 0.6) is 0 Å². The summed E-state index contributed by atoms with van der Waals surface area (Å²) in [7, 11) is 0. The summed E-state index contributed by atoms with van der Waals surface area (Å²) in [6, 6.07) is 11.9. The average molecular weight is 213 g/mol. The summed E-state index contributed by atoms with van der Waals surface area (Å²) in [5.74, 6) is 0. The molecule has 2 nitrogen and oxygen atoms in total. The SMILES string of the molecule is Cc1ccc(CC(O)c2ccncc2)cc1. The van der Waals surface area contributed by atoms with Crippen molar-refractivity contribution in [3.8, 4) is 0 Å². The van der Waals surface area contributed by atoms with Crippen LogP contribution in [-0.4, -0.2) is 10.1 Å². The highest BCUT2D eigenvalue weighted by Crippen LogP contribution is 2.17. The first kappa shape index (κ1) is 10.8. The molecule has 0 bridgehead atoms. The highest BCUT2D eigenvalue weighted by atomic mass is 16.3. The fourth-order valence-corrected chi connectivity index (χ4v) is 1.65. The van der Waals surface area contributed by atoms with Crippen molar-refractivity contribution >= 4 is 0 Å². The van der Waals surface area contributed by atoms with Crippen LogP contribution in [0.1, 0.15) is 22.8 Å². The number of pyridine rings is 1. The van der Waals surface area contributed by atoms with Crippen molar-refractivity contribution in [2.45, 2.75) is 19.4 Å². The van der Waals surface area contributed by atoms with E-state index in [-0.39, 0.29) is 0 Å². The van der Waals surface area contributed by atoms with Gasteiger partial charge in [-0.2, -0.15) is 0 Å². The van der Waals surface area contributed by atoms with Gasteiger partial charge in [0, 0.05) is 18.8 Å². The molecule has 0 radical (unpaired) electrons. The standard InChI is InChI=1S/C14H15NO/c1-11-2-4-12(5-3-11)10-14(16)13-6-8-15-9-7-13/h2-9,14,16H,10H2,1H3. The Morgan fingerprint density at radius 2 is 1.69 bits per heavy atom. The van der Waals surface area contributed by atoms with Gasteiger partial charge >= 0.3 is 0 Å². The molecule has 0 amide bonds. The van der Waals surface area contributed by atoms with Crippen molar-refractivity contribution in [2.24, 2.45) is 0 Å². The Morgan fingerprint density at radius 3 is 2.31 bits per heavy atom. The van der Waals surface area contributed by atoms with E-state index in [1.807, 2.05) is 12.1 Å². The van der Waals surface area contributed by atoms with E-state index in [0.717, 1.165) is 11.1 Å². The maximum Gasteiger partial charge on any atom is 0.0831 e. The third-order valence-electron chi connectivity index (χ3n) is 2.64. The Hall–Kier alpha value is -1.67. The third kappa shape index (κ3) is 2.67. The van der Waals surface area contributed by atoms with E-state index in [4.69, 9.17) is 0 Å². The molecule has 1 unspecified atom stereocenters. The highest BCUT2D eigenvalue weighted by Gasteiger charge is 2.07. The van der Waals surface area contributed by atoms with Gasteiger partial charge in [0.15, 0.2) is 0 Å². The van der Waals surface area contributed by atoms with Crippen LogP contribution < -0.4 is 0 Å². The monoisotopic (exact) mass is 213 g/mol. The van der Waals surface area contributed by atoms with Gasteiger partial charge in [-0.1, -0.05) is 29.8 Å². The zero-order chi connectivity index (χ0) is 11.4. The first-order chi connectivity index (χ1) is 7.75. The number of aliphatic hydroxyl groups is 1. The number of aryl methyl sites for hydroxylation is 1. The molecule has 2 aromatic rings. The molecule has 16 heavy (non-hydrogen) atoms. The van der Waals surface area contributed by atoms with Gasteiger partial charge in [-0.25, -0.2) is 0 Å². The zero-order valence-electron chi connectivity index (χ0n) is 9.30. The van der Waals surface area contributed by atoms with Crippen molar-refractivity contribution in [1.29, 1.82) is 0 Å². The number of rotatable bonds is 3. The molecular formula is C14H15NO. The van der Waals surface area contributed by atoms with Crippen LogP contribution in [0.15, 0.2) is 48.8 Å². The molecule has 0 spiro atoms. The lowest BCUT2D eigenvalue weighted by Crippen LogP contribution is -2.01. The van der Waals surface area contributed by atoms with E-state index >= 15 is 0 Å². The van der Waals surface area contributed by atoms with E-state index < -0.39 is 6.10 Å². The van der Waals surface area contributed by atoms with Crippen LogP contribution in [0.3, 0.4) is 0 Å². The van der Waals surface area contributed by atoms with Gasteiger partial charge in [0.05, 0.1) is 6.10 Å². The third-order valence-corrected chi connectivity index (χ3v) is 2.64. The first-order valence-corrected chi connectivity index (χ1v) is 5.39. The summed E-state index contributed by atoms with van der Waals surface area (Å²) in [5, 5.41) is 10.0. The fourth-order valence-electron chi connectivity index (χ4n) is 1.65. The van der Waals surface area contributed by atoms with E-state index in [2.05, 4.69) is 36.2 Å². The average Bonchev–Trinajstić information content (AvgIpc) is 2.33. The minimum Gasteiger partial charge on any atom is -0.388 e. The molecule has 1 aromatic carbocycles. The van der Waals surface area contributed by atoms with Gasteiger partial charge in [0.25, 0.3) is 0 Å². The van der Waals surface area contributed by atoms with E-state index in [1.54, 1.807) is 12.4 Å². The molecule has 2 rings (SSSR count). The molecule has 1 N–H and O–H groups in total. The molecule has 82 valence electrons. The smallest absolute Gasteiger partial charge is 0.0831 e. The molecule has 2 heteroatoms. The number of hydrogen-bond donors (Lipinski definition) is 1. The Kier molecular flexibility index (Phi) is 3.32. The maximum atomic E-state index is 10.0. The summed E-state index contributed by atoms with van der Waals surface area (Å²) >= 11 is 0.